The number of aromatic nitrogens is 1. The molecule has 1 aromatic heterocycles. The molecule has 2 heterocycles. The van der Waals surface area contributed by atoms with Crippen molar-refractivity contribution in [2.45, 2.75) is 38.4 Å². The van der Waals surface area contributed by atoms with Crippen molar-refractivity contribution in [3.05, 3.63) is 16.1 Å². The zero-order chi connectivity index (χ0) is 14.6. The molecule has 1 aliphatic heterocycles. The molecule has 114 valence electrons. The maximum atomic E-state index is 12.6. The summed E-state index contributed by atoms with van der Waals surface area (Å²) in [6, 6.07) is -0.0600. The fourth-order valence-electron chi connectivity index (χ4n) is 2.30. The molecule has 0 amide bonds. The van der Waals surface area contributed by atoms with Crippen LogP contribution < -0.4 is 5.32 Å². The summed E-state index contributed by atoms with van der Waals surface area (Å²) < 4.78 is 43.2. The van der Waals surface area contributed by atoms with Gasteiger partial charge >= 0.3 is 6.18 Å². The van der Waals surface area contributed by atoms with Crippen molar-refractivity contribution in [3.8, 4) is 0 Å². The Hall–Kier alpha value is -0.660. The maximum absolute atomic E-state index is 12.6. The summed E-state index contributed by atoms with van der Waals surface area (Å²) >= 11 is 0.742. The predicted octanol–water partition coefficient (Wildman–Crippen LogP) is 3.63. The number of rotatable bonds is 6. The molecule has 1 aromatic rings. The second-order valence-corrected chi connectivity index (χ2v) is 6.10. The highest BCUT2D eigenvalue weighted by Gasteiger charge is 2.35. The molecule has 2 unspecified atom stereocenters. The average Bonchev–Trinajstić information content (AvgIpc) is 3.04. The van der Waals surface area contributed by atoms with Crippen molar-refractivity contribution in [3.63, 3.8) is 0 Å². The number of hydrogen-bond acceptors (Lipinski definition) is 4. The van der Waals surface area contributed by atoms with E-state index in [9.17, 15) is 13.2 Å². The van der Waals surface area contributed by atoms with Crippen LogP contribution in [0.1, 0.15) is 42.1 Å². The minimum absolute atomic E-state index is 0.0600. The molecular formula is C13H19F3N2OS. The van der Waals surface area contributed by atoms with Crippen LogP contribution in [0.3, 0.4) is 0 Å². The van der Waals surface area contributed by atoms with E-state index in [0.717, 1.165) is 43.8 Å². The van der Waals surface area contributed by atoms with E-state index in [0.29, 0.717) is 17.4 Å². The fraction of sp³-hybridized carbons (Fsp3) is 0.769. The average molecular weight is 308 g/mol. The Morgan fingerprint density at radius 2 is 2.35 bits per heavy atom. The molecule has 20 heavy (non-hydrogen) atoms. The number of alkyl halides is 3. The predicted molar refractivity (Wildman–Crippen MR) is 71.7 cm³/mol. The van der Waals surface area contributed by atoms with Crippen LogP contribution in [0.4, 0.5) is 13.2 Å². The number of thiazole rings is 1. The number of hydrogen-bond donors (Lipinski definition) is 1. The van der Waals surface area contributed by atoms with Gasteiger partial charge in [0.15, 0.2) is 5.01 Å². The molecule has 0 radical (unpaired) electrons. The molecule has 3 nitrogen and oxygen atoms in total. The number of nitrogens with one attached hydrogen (secondary N) is 1. The standard InChI is InChI=1S/C13H19F3N2OS/c1-2-4-17-10(6-9-3-5-19-8-9)11-7-18-12(20-11)13(14,15)16/h7,9-10,17H,2-6,8H2,1H3. The molecule has 0 saturated carbocycles. The van der Waals surface area contributed by atoms with Crippen molar-refractivity contribution in [1.29, 1.82) is 0 Å². The van der Waals surface area contributed by atoms with E-state index in [1.54, 1.807) is 0 Å². The Balaban J connectivity index is 2.06. The second-order valence-electron chi connectivity index (χ2n) is 5.04. The van der Waals surface area contributed by atoms with Gasteiger partial charge < -0.3 is 10.1 Å². The smallest absolute Gasteiger partial charge is 0.381 e. The summed E-state index contributed by atoms with van der Waals surface area (Å²) in [5.41, 5.74) is 0. The van der Waals surface area contributed by atoms with Crippen LogP contribution in [0.2, 0.25) is 0 Å². The Bertz CT molecular complexity index is 416. The van der Waals surface area contributed by atoms with Crippen LogP contribution >= 0.6 is 11.3 Å². The normalized spacial score (nSPS) is 21.3. The first-order valence-corrected chi connectivity index (χ1v) is 7.66. The van der Waals surface area contributed by atoms with E-state index < -0.39 is 11.2 Å². The third-order valence-electron chi connectivity index (χ3n) is 3.34. The Morgan fingerprint density at radius 3 is 2.90 bits per heavy atom. The molecule has 0 aromatic carbocycles. The highest BCUT2D eigenvalue weighted by atomic mass is 32.1. The topological polar surface area (TPSA) is 34.1 Å². The van der Waals surface area contributed by atoms with Gasteiger partial charge in [0.25, 0.3) is 0 Å². The van der Waals surface area contributed by atoms with Crippen LogP contribution in [0.5, 0.6) is 0 Å². The van der Waals surface area contributed by atoms with Gasteiger partial charge in [0, 0.05) is 30.3 Å². The van der Waals surface area contributed by atoms with Crippen LogP contribution in [-0.4, -0.2) is 24.7 Å². The van der Waals surface area contributed by atoms with E-state index in [4.69, 9.17) is 4.74 Å². The second kappa shape index (κ2) is 6.87. The Morgan fingerprint density at radius 1 is 1.55 bits per heavy atom. The molecule has 2 rings (SSSR count). The summed E-state index contributed by atoms with van der Waals surface area (Å²) in [7, 11) is 0. The first kappa shape index (κ1) is 15.7. The van der Waals surface area contributed by atoms with Crippen LogP contribution in [-0.2, 0) is 10.9 Å². The highest BCUT2D eigenvalue weighted by Crippen LogP contribution is 2.36. The van der Waals surface area contributed by atoms with E-state index in [1.165, 1.54) is 6.20 Å². The molecule has 1 saturated heterocycles. The molecule has 1 fully saturated rings. The third-order valence-corrected chi connectivity index (χ3v) is 4.50. The van der Waals surface area contributed by atoms with Crippen LogP contribution in [0, 0.1) is 5.92 Å². The van der Waals surface area contributed by atoms with Gasteiger partial charge in [0.1, 0.15) is 0 Å². The van der Waals surface area contributed by atoms with Crippen LogP contribution in [0.25, 0.3) is 0 Å². The van der Waals surface area contributed by atoms with Gasteiger partial charge in [-0.25, -0.2) is 4.98 Å². The van der Waals surface area contributed by atoms with E-state index in [2.05, 4.69) is 10.3 Å². The highest BCUT2D eigenvalue weighted by molar-refractivity contribution is 7.11. The van der Waals surface area contributed by atoms with Gasteiger partial charge in [-0.05, 0) is 31.7 Å². The van der Waals surface area contributed by atoms with Crippen LogP contribution in [0.15, 0.2) is 6.20 Å². The van der Waals surface area contributed by atoms with Crippen molar-refractivity contribution >= 4 is 11.3 Å². The summed E-state index contributed by atoms with van der Waals surface area (Å²) in [6.07, 6.45) is -0.261. The Labute approximate surface area is 120 Å². The van der Waals surface area contributed by atoms with Gasteiger partial charge in [-0.1, -0.05) is 6.92 Å². The molecule has 7 heteroatoms. The third kappa shape index (κ3) is 4.17. The lowest BCUT2D eigenvalue weighted by atomic mass is 9.98. The molecule has 1 aliphatic rings. The van der Waals surface area contributed by atoms with Gasteiger partial charge in [0.2, 0.25) is 0 Å². The molecule has 2 atom stereocenters. The van der Waals surface area contributed by atoms with E-state index >= 15 is 0 Å². The van der Waals surface area contributed by atoms with E-state index in [1.807, 2.05) is 6.92 Å². The first-order chi connectivity index (χ1) is 9.50. The van der Waals surface area contributed by atoms with Crippen molar-refractivity contribution in [1.82, 2.24) is 10.3 Å². The minimum atomic E-state index is -4.35. The van der Waals surface area contributed by atoms with Crippen molar-refractivity contribution < 1.29 is 17.9 Å². The lowest BCUT2D eigenvalue weighted by Crippen LogP contribution is -2.24. The number of nitrogens with zero attached hydrogens (tertiary/aromatic N) is 1. The molecule has 1 N–H and O–H groups in total. The lowest BCUT2D eigenvalue weighted by Gasteiger charge is -2.19. The van der Waals surface area contributed by atoms with Gasteiger partial charge in [-0.15, -0.1) is 11.3 Å². The molecule has 0 spiro atoms. The number of halogens is 3. The first-order valence-electron chi connectivity index (χ1n) is 6.84. The quantitative estimate of drug-likeness (QED) is 0.871. The number of ether oxygens (including phenoxy) is 1. The summed E-state index contributed by atoms with van der Waals surface area (Å²) in [6.45, 7) is 4.28. The zero-order valence-corrected chi connectivity index (χ0v) is 12.2. The van der Waals surface area contributed by atoms with Crippen molar-refractivity contribution in [2.24, 2.45) is 5.92 Å². The zero-order valence-electron chi connectivity index (χ0n) is 11.4. The summed E-state index contributed by atoms with van der Waals surface area (Å²) in [5, 5.41) is 2.56. The monoisotopic (exact) mass is 308 g/mol. The minimum Gasteiger partial charge on any atom is -0.381 e. The van der Waals surface area contributed by atoms with Gasteiger partial charge in [-0.3, -0.25) is 0 Å². The Kier molecular flexibility index (Phi) is 5.40. The van der Waals surface area contributed by atoms with Gasteiger partial charge in [-0.2, -0.15) is 13.2 Å². The molecule has 0 aliphatic carbocycles. The largest absolute Gasteiger partial charge is 0.443 e. The molecule has 0 bridgehead atoms. The fourth-order valence-corrected chi connectivity index (χ4v) is 3.17. The van der Waals surface area contributed by atoms with Gasteiger partial charge in [0.05, 0.1) is 0 Å². The SMILES string of the molecule is CCCNC(CC1CCOC1)c1cnc(C(F)(F)F)s1. The lowest BCUT2D eigenvalue weighted by molar-refractivity contribution is -0.137. The van der Waals surface area contributed by atoms with E-state index in [-0.39, 0.29) is 6.04 Å². The molecular weight excluding hydrogens is 289 g/mol. The maximum Gasteiger partial charge on any atom is 0.443 e. The summed E-state index contributed by atoms with van der Waals surface area (Å²) in [5.74, 6) is 0.417. The summed E-state index contributed by atoms with van der Waals surface area (Å²) in [4.78, 5) is 4.18. The van der Waals surface area contributed by atoms with Crippen molar-refractivity contribution in [2.75, 3.05) is 19.8 Å².